The molecule has 1 rings (SSSR count). The summed E-state index contributed by atoms with van der Waals surface area (Å²) in [5, 5.41) is 3.25. The van der Waals surface area contributed by atoms with E-state index in [1.807, 2.05) is 6.92 Å². The van der Waals surface area contributed by atoms with Crippen LogP contribution >= 0.6 is 0 Å². The maximum atomic E-state index is 5.30. The van der Waals surface area contributed by atoms with Crippen molar-refractivity contribution in [3.63, 3.8) is 0 Å². The van der Waals surface area contributed by atoms with Gasteiger partial charge in [-0.1, -0.05) is 12.1 Å². The second kappa shape index (κ2) is 5.60. The molecule has 0 radical (unpaired) electrons. The lowest BCUT2D eigenvalue weighted by Gasteiger charge is -2.04. The van der Waals surface area contributed by atoms with E-state index in [9.17, 15) is 0 Å². The number of nitrogens with one attached hydrogen (secondary N) is 1. The monoisotopic (exact) mass is 179 g/mol. The molecule has 0 spiro atoms. The highest BCUT2D eigenvalue weighted by Crippen LogP contribution is 2.09. The molecule has 1 aromatic rings. The predicted molar refractivity (Wildman–Crippen MR) is 55.9 cm³/mol. The molecule has 0 saturated heterocycles. The molecule has 0 aromatic heterocycles. The zero-order chi connectivity index (χ0) is 9.52. The minimum absolute atomic E-state index is 0.711. The van der Waals surface area contributed by atoms with Gasteiger partial charge in [-0.3, -0.25) is 0 Å². The van der Waals surface area contributed by atoms with Crippen molar-refractivity contribution >= 4 is 5.69 Å². The number of anilines is 1. The second-order valence-electron chi connectivity index (χ2n) is 2.86. The third kappa shape index (κ3) is 3.47. The Kier molecular flexibility index (Phi) is 4.33. The van der Waals surface area contributed by atoms with Crippen LogP contribution in [0, 0.1) is 0 Å². The average molecular weight is 179 g/mol. The molecule has 0 aliphatic heterocycles. The summed E-state index contributed by atoms with van der Waals surface area (Å²) < 4.78 is 5.30. The smallest absolute Gasteiger partial charge is 0.0716 e. The van der Waals surface area contributed by atoms with Crippen LogP contribution in [0.4, 0.5) is 5.69 Å². The van der Waals surface area contributed by atoms with Crippen LogP contribution in [0.15, 0.2) is 24.3 Å². The van der Waals surface area contributed by atoms with E-state index in [-0.39, 0.29) is 0 Å². The fourth-order valence-electron chi connectivity index (χ4n) is 1.14. The van der Waals surface area contributed by atoms with Crippen LogP contribution in [0.5, 0.6) is 0 Å². The van der Waals surface area contributed by atoms with E-state index < -0.39 is 0 Å². The van der Waals surface area contributed by atoms with Crippen molar-refractivity contribution in [1.29, 1.82) is 0 Å². The highest BCUT2D eigenvalue weighted by atomic mass is 16.5. The largest absolute Gasteiger partial charge is 0.385 e. The van der Waals surface area contributed by atoms with Crippen molar-refractivity contribution in [1.82, 2.24) is 0 Å². The van der Waals surface area contributed by atoms with Crippen LogP contribution < -0.4 is 5.32 Å². The number of rotatable bonds is 5. The van der Waals surface area contributed by atoms with Crippen molar-refractivity contribution in [2.24, 2.45) is 0 Å². The van der Waals surface area contributed by atoms with E-state index >= 15 is 0 Å². The Morgan fingerprint density at radius 3 is 2.38 bits per heavy atom. The quantitative estimate of drug-likeness (QED) is 0.750. The van der Waals surface area contributed by atoms with E-state index in [0.717, 1.165) is 13.2 Å². The first-order chi connectivity index (χ1) is 6.36. The average Bonchev–Trinajstić information content (AvgIpc) is 2.17. The van der Waals surface area contributed by atoms with Crippen molar-refractivity contribution in [3.05, 3.63) is 29.8 Å². The standard InChI is InChI=1S/C11H17NO/c1-3-12-11-7-5-10(6-8-11)9-13-4-2/h5-8,12H,3-4,9H2,1-2H3. The Morgan fingerprint density at radius 1 is 1.15 bits per heavy atom. The number of hydrogen-bond acceptors (Lipinski definition) is 2. The number of benzene rings is 1. The molecule has 1 N–H and O–H groups in total. The van der Waals surface area contributed by atoms with Gasteiger partial charge < -0.3 is 10.1 Å². The molecule has 72 valence electrons. The van der Waals surface area contributed by atoms with Gasteiger partial charge in [0.2, 0.25) is 0 Å². The summed E-state index contributed by atoms with van der Waals surface area (Å²) in [5.74, 6) is 0. The van der Waals surface area contributed by atoms with Gasteiger partial charge >= 0.3 is 0 Å². The summed E-state index contributed by atoms with van der Waals surface area (Å²) in [6.45, 7) is 6.55. The van der Waals surface area contributed by atoms with Crippen LogP contribution in [-0.2, 0) is 11.3 Å². The summed E-state index contributed by atoms with van der Waals surface area (Å²) in [4.78, 5) is 0. The number of ether oxygens (including phenoxy) is 1. The van der Waals surface area contributed by atoms with Gasteiger partial charge in [-0.2, -0.15) is 0 Å². The maximum Gasteiger partial charge on any atom is 0.0716 e. The van der Waals surface area contributed by atoms with Crippen molar-refractivity contribution in [2.75, 3.05) is 18.5 Å². The van der Waals surface area contributed by atoms with Gasteiger partial charge in [0.25, 0.3) is 0 Å². The third-order valence-electron chi connectivity index (χ3n) is 1.81. The van der Waals surface area contributed by atoms with Crippen molar-refractivity contribution in [3.8, 4) is 0 Å². The molecule has 0 amide bonds. The van der Waals surface area contributed by atoms with Crippen LogP contribution in [0.1, 0.15) is 19.4 Å². The molecular weight excluding hydrogens is 162 g/mol. The minimum Gasteiger partial charge on any atom is -0.385 e. The van der Waals surface area contributed by atoms with Gasteiger partial charge in [-0.05, 0) is 31.5 Å². The van der Waals surface area contributed by atoms with Gasteiger partial charge in [0.1, 0.15) is 0 Å². The van der Waals surface area contributed by atoms with Crippen LogP contribution in [0.3, 0.4) is 0 Å². The third-order valence-corrected chi connectivity index (χ3v) is 1.81. The summed E-state index contributed by atoms with van der Waals surface area (Å²) >= 11 is 0. The van der Waals surface area contributed by atoms with Gasteiger partial charge in [0, 0.05) is 18.8 Å². The van der Waals surface area contributed by atoms with E-state index in [4.69, 9.17) is 4.74 Å². The molecule has 0 atom stereocenters. The Balaban J connectivity index is 2.48. The van der Waals surface area contributed by atoms with Crippen LogP contribution in [-0.4, -0.2) is 13.2 Å². The predicted octanol–water partition coefficient (Wildman–Crippen LogP) is 2.65. The molecule has 0 saturated carbocycles. The van der Waals surface area contributed by atoms with Crippen LogP contribution in [0.25, 0.3) is 0 Å². The molecule has 1 aromatic carbocycles. The molecular formula is C11H17NO. The summed E-state index contributed by atoms with van der Waals surface area (Å²) in [6.07, 6.45) is 0. The Labute approximate surface area is 79.9 Å². The molecule has 2 heteroatoms. The lowest BCUT2D eigenvalue weighted by atomic mass is 10.2. The molecule has 0 heterocycles. The highest BCUT2D eigenvalue weighted by Gasteiger charge is 1.92. The first-order valence-corrected chi connectivity index (χ1v) is 4.77. The van der Waals surface area contributed by atoms with E-state index in [0.29, 0.717) is 6.61 Å². The highest BCUT2D eigenvalue weighted by molar-refractivity contribution is 5.44. The zero-order valence-corrected chi connectivity index (χ0v) is 8.34. The Hall–Kier alpha value is -1.02. The molecule has 2 nitrogen and oxygen atoms in total. The second-order valence-corrected chi connectivity index (χ2v) is 2.86. The van der Waals surface area contributed by atoms with E-state index in [2.05, 4.69) is 36.5 Å². The summed E-state index contributed by atoms with van der Waals surface area (Å²) in [6, 6.07) is 8.34. The first-order valence-electron chi connectivity index (χ1n) is 4.77. The molecule has 0 aliphatic rings. The first kappa shape index (κ1) is 10.1. The van der Waals surface area contributed by atoms with Crippen molar-refractivity contribution in [2.45, 2.75) is 20.5 Å². The summed E-state index contributed by atoms with van der Waals surface area (Å²) in [7, 11) is 0. The maximum absolute atomic E-state index is 5.30. The topological polar surface area (TPSA) is 21.3 Å². The molecule has 0 aliphatic carbocycles. The minimum atomic E-state index is 0.711. The lowest BCUT2D eigenvalue weighted by molar-refractivity contribution is 0.134. The van der Waals surface area contributed by atoms with Gasteiger partial charge in [-0.15, -0.1) is 0 Å². The fraction of sp³-hybridized carbons (Fsp3) is 0.455. The van der Waals surface area contributed by atoms with E-state index in [1.165, 1.54) is 11.3 Å². The molecule has 0 unspecified atom stereocenters. The Bertz CT molecular complexity index is 230. The van der Waals surface area contributed by atoms with Crippen molar-refractivity contribution < 1.29 is 4.74 Å². The molecule has 0 bridgehead atoms. The fourth-order valence-corrected chi connectivity index (χ4v) is 1.14. The van der Waals surface area contributed by atoms with Gasteiger partial charge in [0.15, 0.2) is 0 Å². The van der Waals surface area contributed by atoms with E-state index in [1.54, 1.807) is 0 Å². The zero-order valence-electron chi connectivity index (χ0n) is 8.34. The Morgan fingerprint density at radius 2 is 1.85 bits per heavy atom. The van der Waals surface area contributed by atoms with Gasteiger partial charge in [-0.25, -0.2) is 0 Å². The normalized spacial score (nSPS) is 10.0. The van der Waals surface area contributed by atoms with Crippen LogP contribution in [0.2, 0.25) is 0 Å². The molecule has 13 heavy (non-hydrogen) atoms. The SMILES string of the molecule is CCNc1ccc(COCC)cc1. The lowest BCUT2D eigenvalue weighted by Crippen LogP contribution is -1.97. The summed E-state index contributed by atoms with van der Waals surface area (Å²) in [5.41, 5.74) is 2.39. The molecule has 0 fully saturated rings. The van der Waals surface area contributed by atoms with Gasteiger partial charge in [0.05, 0.1) is 6.61 Å². The number of hydrogen-bond donors (Lipinski definition) is 1.